The minimum absolute atomic E-state index is 0.143. The molecule has 1 heterocycles. The Hall–Kier alpha value is -1.04. The first-order valence-electron chi connectivity index (χ1n) is 9.50. The maximum absolute atomic E-state index is 12.4. The monoisotopic (exact) mass is 348 g/mol. The van der Waals surface area contributed by atoms with Crippen molar-refractivity contribution in [2.45, 2.75) is 82.0 Å². The van der Waals surface area contributed by atoms with Gasteiger partial charge in [0.2, 0.25) is 5.91 Å². The number of carbonyl (C=O) groups is 1. The first kappa shape index (κ1) is 16.4. The number of nitrogens with zero attached hydrogens (tertiary/aromatic N) is 3. The fourth-order valence-electron chi connectivity index (χ4n) is 3.85. The first-order chi connectivity index (χ1) is 11.6. The van der Waals surface area contributed by atoms with Gasteiger partial charge in [-0.25, -0.2) is 0 Å². The molecule has 1 N–H and O–H groups in total. The number of thioether (sulfide) groups is 1. The van der Waals surface area contributed by atoms with Gasteiger partial charge < -0.3 is 9.88 Å². The lowest BCUT2D eigenvalue weighted by Gasteiger charge is -2.34. The molecular weight excluding hydrogens is 320 g/mol. The molecule has 0 bridgehead atoms. The van der Waals surface area contributed by atoms with E-state index in [4.69, 9.17) is 0 Å². The summed E-state index contributed by atoms with van der Waals surface area (Å²) in [5.41, 5.74) is 0. The van der Waals surface area contributed by atoms with Crippen molar-refractivity contribution < 1.29 is 4.79 Å². The van der Waals surface area contributed by atoms with Crippen LogP contribution in [0, 0.1) is 11.8 Å². The molecule has 0 spiro atoms. The fraction of sp³-hybridized carbons (Fsp3) is 0.833. The molecule has 1 amide bonds. The Morgan fingerprint density at radius 1 is 1.17 bits per heavy atom. The van der Waals surface area contributed by atoms with Gasteiger partial charge in [0.05, 0.1) is 5.75 Å². The molecule has 3 aliphatic carbocycles. The van der Waals surface area contributed by atoms with E-state index < -0.39 is 0 Å². The summed E-state index contributed by atoms with van der Waals surface area (Å²) in [6.45, 7) is 4.57. The third-order valence-electron chi connectivity index (χ3n) is 5.93. The van der Waals surface area contributed by atoms with Gasteiger partial charge in [0, 0.05) is 18.0 Å². The summed E-state index contributed by atoms with van der Waals surface area (Å²) in [7, 11) is 0. The van der Waals surface area contributed by atoms with Gasteiger partial charge in [-0.1, -0.05) is 38.5 Å². The van der Waals surface area contributed by atoms with Gasteiger partial charge in [-0.3, -0.25) is 4.79 Å². The maximum atomic E-state index is 12.4. The molecule has 6 heteroatoms. The van der Waals surface area contributed by atoms with Crippen molar-refractivity contribution in [3.8, 4) is 0 Å². The normalized spacial score (nSPS) is 30.3. The summed E-state index contributed by atoms with van der Waals surface area (Å²) in [6, 6.07) is 0.922. The molecule has 24 heavy (non-hydrogen) atoms. The summed E-state index contributed by atoms with van der Waals surface area (Å²) in [4.78, 5) is 12.4. The van der Waals surface area contributed by atoms with E-state index in [1.807, 2.05) is 0 Å². The van der Waals surface area contributed by atoms with Crippen LogP contribution in [-0.4, -0.2) is 32.5 Å². The Morgan fingerprint density at radius 3 is 2.67 bits per heavy atom. The first-order valence-corrected chi connectivity index (χ1v) is 10.5. The highest BCUT2D eigenvalue weighted by molar-refractivity contribution is 7.99. The van der Waals surface area contributed by atoms with E-state index in [2.05, 4.69) is 33.9 Å². The second-order valence-corrected chi connectivity index (χ2v) is 8.89. The molecule has 3 fully saturated rings. The molecular formula is C18H28N4OS. The number of aromatic nitrogens is 3. The van der Waals surface area contributed by atoms with Gasteiger partial charge in [-0.15, -0.1) is 10.2 Å². The molecule has 132 valence electrons. The van der Waals surface area contributed by atoms with Crippen LogP contribution in [0.1, 0.15) is 76.6 Å². The highest BCUT2D eigenvalue weighted by atomic mass is 32.2. The van der Waals surface area contributed by atoms with Crippen molar-refractivity contribution in [2.24, 2.45) is 11.8 Å². The number of hydrogen-bond acceptors (Lipinski definition) is 4. The topological polar surface area (TPSA) is 59.8 Å². The lowest BCUT2D eigenvalue weighted by Crippen LogP contribution is -2.44. The second kappa shape index (κ2) is 6.70. The van der Waals surface area contributed by atoms with Gasteiger partial charge in [0.1, 0.15) is 5.82 Å². The molecule has 0 aromatic carbocycles. The second-order valence-electron chi connectivity index (χ2n) is 7.95. The predicted octanol–water partition coefficient (Wildman–Crippen LogP) is 3.52. The summed E-state index contributed by atoms with van der Waals surface area (Å²) in [5, 5.41) is 13.0. The number of carbonyl (C=O) groups excluding carboxylic acids is 1. The van der Waals surface area contributed by atoms with Gasteiger partial charge in [-0.2, -0.15) is 0 Å². The van der Waals surface area contributed by atoms with Crippen molar-refractivity contribution in [1.82, 2.24) is 20.1 Å². The van der Waals surface area contributed by atoms with Crippen LogP contribution in [0.25, 0.3) is 0 Å². The van der Waals surface area contributed by atoms with Crippen molar-refractivity contribution in [3.63, 3.8) is 0 Å². The fourth-order valence-corrected chi connectivity index (χ4v) is 4.67. The number of nitrogens with one attached hydrogen (secondary N) is 1. The molecule has 1 aromatic rings. The van der Waals surface area contributed by atoms with Crippen molar-refractivity contribution >= 4 is 17.7 Å². The van der Waals surface area contributed by atoms with Gasteiger partial charge >= 0.3 is 0 Å². The quantitative estimate of drug-likeness (QED) is 0.799. The van der Waals surface area contributed by atoms with Crippen LogP contribution < -0.4 is 5.32 Å². The van der Waals surface area contributed by atoms with E-state index >= 15 is 0 Å². The lowest BCUT2D eigenvalue weighted by molar-refractivity contribution is -0.120. The van der Waals surface area contributed by atoms with E-state index in [1.165, 1.54) is 38.5 Å². The third kappa shape index (κ3) is 3.48. The SMILES string of the molecule is CC1CCCC(NC(=O)CSc2nnc(C3CC3)n2C2CC2)C1C. The summed E-state index contributed by atoms with van der Waals surface area (Å²) >= 11 is 1.56. The van der Waals surface area contributed by atoms with Crippen LogP contribution in [0.5, 0.6) is 0 Å². The van der Waals surface area contributed by atoms with Gasteiger partial charge in [0.15, 0.2) is 5.16 Å². The van der Waals surface area contributed by atoms with E-state index in [9.17, 15) is 4.79 Å². The van der Waals surface area contributed by atoms with E-state index in [1.54, 1.807) is 11.8 Å². The molecule has 3 aliphatic rings. The minimum Gasteiger partial charge on any atom is -0.352 e. The highest BCUT2D eigenvalue weighted by Crippen LogP contribution is 2.46. The van der Waals surface area contributed by atoms with Gasteiger partial charge in [0.25, 0.3) is 0 Å². The zero-order valence-electron chi connectivity index (χ0n) is 14.7. The summed E-state index contributed by atoms with van der Waals surface area (Å²) in [6.07, 6.45) is 8.58. The molecule has 4 rings (SSSR count). The largest absolute Gasteiger partial charge is 0.352 e. The molecule has 1 aromatic heterocycles. The van der Waals surface area contributed by atoms with Gasteiger partial charge in [-0.05, 0) is 43.9 Å². The Morgan fingerprint density at radius 2 is 1.96 bits per heavy atom. The average molecular weight is 349 g/mol. The van der Waals surface area contributed by atoms with Crippen LogP contribution in [-0.2, 0) is 4.79 Å². The Kier molecular flexibility index (Phi) is 4.58. The predicted molar refractivity (Wildman–Crippen MR) is 95.1 cm³/mol. The number of hydrogen-bond donors (Lipinski definition) is 1. The van der Waals surface area contributed by atoms with E-state index in [0.717, 1.165) is 17.4 Å². The minimum atomic E-state index is 0.143. The van der Waals surface area contributed by atoms with E-state index in [0.29, 0.717) is 35.6 Å². The zero-order valence-corrected chi connectivity index (χ0v) is 15.5. The molecule has 5 nitrogen and oxygen atoms in total. The number of rotatable bonds is 6. The standard InChI is InChI=1S/C18H28N4OS/c1-11-4-3-5-15(12(11)2)19-16(23)10-24-18-21-20-17(13-6-7-13)22(18)14-8-9-14/h11-15H,3-10H2,1-2H3,(H,19,23). The molecule has 3 unspecified atom stereocenters. The maximum Gasteiger partial charge on any atom is 0.230 e. The Balaban J connectivity index is 1.34. The van der Waals surface area contributed by atoms with Crippen molar-refractivity contribution in [1.29, 1.82) is 0 Å². The molecule has 0 saturated heterocycles. The molecule has 3 saturated carbocycles. The van der Waals surface area contributed by atoms with Crippen LogP contribution in [0.15, 0.2) is 5.16 Å². The van der Waals surface area contributed by atoms with Crippen molar-refractivity contribution in [3.05, 3.63) is 5.82 Å². The smallest absolute Gasteiger partial charge is 0.230 e. The van der Waals surface area contributed by atoms with Crippen LogP contribution >= 0.6 is 11.8 Å². The van der Waals surface area contributed by atoms with Crippen LogP contribution in [0.4, 0.5) is 0 Å². The molecule has 0 radical (unpaired) electrons. The Bertz CT molecular complexity index is 608. The summed E-state index contributed by atoms with van der Waals surface area (Å²) < 4.78 is 2.32. The number of amides is 1. The van der Waals surface area contributed by atoms with Crippen LogP contribution in [0.2, 0.25) is 0 Å². The molecule has 0 aliphatic heterocycles. The highest BCUT2D eigenvalue weighted by Gasteiger charge is 2.36. The molecule has 3 atom stereocenters. The van der Waals surface area contributed by atoms with Crippen molar-refractivity contribution in [2.75, 3.05) is 5.75 Å². The van der Waals surface area contributed by atoms with E-state index in [-0.39, 0.29) is 5.91 Å². The average Bonchev–Trinajstić information content (AvgIpc) is 3.48. The zero-order chi connectivity index (χ0) is 16.7. The lowest BCUT2D eigenvalue weighted by atomic mass is 9.78. The van der Waals surface area contributed by atoms with Crippen LogP contribution in [0.3, 0.4) is 0 Å². The summed E-state index contributed by atoms with van der Waals surface area (Å²) in [5.74, 6) is 3.65. The Labute approximate surface area is 148 Å². The third-order valence-corrected chi connectivity index (χ3v) is 6.87.